The summed E-state index contributed by atoms with van der Waals surface area (Å²) in [6, 6.07) is 0.249. The number of nitrogens with one attached hydrogen (secondary N) is 1. The SMILES string of the molecule is CCC(CSC)NC(=O)c1cscn1. The zero-order valence-electron chi connectivity index (χ0n) is 8.32. The third kappa shape index (κ3) is 3.31. The van der Waals surface area contributed by atoms with Crippen molar-refractivity contribution in [3.63, 3.8) is 0 Å². The van der Waals surface area contributed by atoms with Crippen molar-refractivity contribution < 1.29 is 4.79 Å². The quantitative estimate of drug-likeness (QED) is 0.841. The van der Waals surface area contributed by atoms with Crippen LogP contribution in [0, 0.1) is 0 Å². The molecule has 0 radical (unpaired) electrons. The molecule has 0 bridgehead atoms. The molecule has 1 atom stereocenters. The fraction of sp³-hybridized carbons (Fsp3) is 0.556. The van der Waals surface area contributed by atoms with Crippen molar-refractivity contribution in [1.29, 1.82) is 0 Å². The molecule has 0 saturated heterocycles. The average Bonchev–Trinajstić information content (AvgIpc) is 2.69. The Morgan fingerprint density at radius 3 is 3.07 bits per heavy atom. The smallest absolute Gasteiger partial charge is 0.270 e. The van der Waals surface area contributed by atoms with E-state index in [0.717, 1.165) is 12.2 Å². The number of rotatable bonds is 5. The molecule has 1 N–H and O–H groups in total. The lowest BCUT2D eigenvalue weighted by molar-refractivity contribution is 0.0935. The predicted molar refractivity (Wildman–Crippen MR) is 62.0 cm³/mol. The van der Waals surface area contributed by atoms with Crippen LogP contribution in [0.5, 0.6) is 0 Å². The Morgan fingerprint density at radius 2 is 2.57 bits per heavy atom. The van der Waals surface area contributed by atoms with E-state index in [2.05, 4.69) is 17.2 Å². The Labute approximate surface area is 92.3 Å². The first kappa shape index (κ1) is 11.5. The largest absolute Gasteiger partial charge is 0.347 e. The highest BCUT2D eigenvalue weighted by Crippen LogP contribution is 2.04. The molecule has 1 rings (SSSR count). The molecule has 3 nitrogen and oxygen atoms in total. The minimum atomic E-state index is -0.0628. The highest BCUT2D eigenvalue weighted by Gasteiger charge is 2.12. The fourth-order valence-electron chi connectivity index (χ4n) is 1.05. The number of amides is 1. The average molecular weight is 230 g/mol. The van der Waals surface area contributed by atoms with Crippen molar-refractivity contribution in [2.75, 3.05) is 12.0 Å². The molecule has 1 heterocycles. The standard InChI is InChI=1S/C9H14N2OS2/c1-3-7(4-13-2)11-9(12)8-5-14-6-10-8/h5-7H,3-4H2,1-2H3,(H,11,12). The van der Waals surface area contributed by atoms with Gasteiger partial charge >= 0.3 is 0 Å². The molecule has 78 valence electrons. The summed E-state index contributed by atoms with van der Waals surface area (Å²) in [7, 11) is 0. The number of nitrogens with zero attached hydrogens (tertiary/aromatic N) is 1. The van der Waals surface area contributed by atoms with E-state index in [1.54, 1.807) is 22.7 Å². The van der Waals surface area contributed by atoms with Crippen LogP contribution in [0.4, 0.5) is 0 Å². The minimum Gasteiger partial charge on any atom is -0.347 e. The number of hydrogen-bond acceptors (Lipinski definition) is 4. The van der Waals surface area contributed by atoms with E-state index in [-0.39, 0.29) is 11.9 Å². The zero-order chi connectivity index (χ0) is 10.4. The van der Waals surface area contributed by atoms with Gasteiger partial charge in [0.05, 0.1) is 5.51 Å². The van der Waals surface area contributed by atoms with E-state index >= 15 is 0 Å². The predicted octanol–water partition coefficient (Wildman–Crippen LogP) is 2.01. The van der Waals surface area contributed by atoms with E-state index < -0.39 is 0 Å². The fourth-order valence-corrected chi connectivity index (χ4v) is 2.30. The van der Waals surface area contributed by atoms with Gasteiger partial charge in [-0.1, -0.05) is 6.92 Å². The van der Waals surface area contributed by atoms with Gasteiger partial charge in [0.15, 0.2) is 0 Å². The van der Waals surface area contributed by atoms with Crippen LogP contribution >= 0.6 is 23.1 Å². The molecule has 1 unspecified atom stereocenters. The maximum atomic E-state index is 11.6. The maximum Gasteiger partial charge on any atom is 0.270 e. The Kier molecular flexibility index (Phi) is 4.97. The van der Waals surface area contributed by atoms with Gasteiger partial charge in [0.1, 0.15) is 5.69 Å². The molecule has 1 aromatic heterocycles. The van der Waals surface area contributed by atoms with Crippen LogP contribution in [0.3, 0.4) is 0 Å². The summed E-state index contributed by atoms with van der Waals surface area (Å²) in [5, 5.41) is 4.72. The Bertz CT molecular complexity index is 274. The molecule has 0 saturated carbocycles. The van der Waals surface area contributed by atoms with Gasteiger partial charge in [-0.3, -0.25) is 4.79 Å². The van der Waals surface area contributed by atoms with Crippen molar-refractivity contribution >= 4 is 29.0 Å². The Hall–Kier alpha value is -0.550. The second-order valence-electron chi connectivity index (χ2n) is 2.91. The first-order valence-electron chi connectivity index (χ1n) is 4.46. The Balaban J connectivity index is 2.47. The second kappa shape index (κ2) is 6.03. The zero-order valence-corrected chi connectivity index (χ0v) is 9.95. The van der Waals surface area contributed by atoms with Gasteiger partial charge in [-0.2, -0.15) is 11.8 Å². The van der Waals surface area contributed by atoms with Gasteiger partial charge in [0, 0.05) is 17.2 Å². The van der Waals surface area contributed by atoms with Gasteiger partial charge in [0.25, 0.3) is 5.91 Å². The van der Waals surface area contributed by atoms with Gasteiger partial charge in [-0.25, -0.2) is 4.98 Å². The molecular weight excluding hydrogens is 216 g/mol. The van der Waals surface area contributed by atoms with E-state index in [1.807, 2.05) is 6.26 Å². The third-order valence-electron chi connectivity index (χ3n) is 1.86. The highest BCUT2D eigenvalue weighted by atomic mass is 32.2. The van der Waals surface area contributed by atoms with E-state index in [4.69, 9.17) is 0 Å². The number of hydrogen-bond donors (Lipinski definition) is 1. The lowest BCUT2D eigenvalue weighted by atomic mass is 10.2. The molecule has 0 aliphatic carbocycles. The van der Waals surface area contributed by atoms with Crippen LogP contribution in [0.2, 0.25) is 0 Å². The molecule has 0 aromatic carbocycles. The first-order valence-corrected chi connectivity index (χ1v) is 6.79. The second-order valence-corrected chi connectivity index (χ2v) is 4.54. The topological polar surface area (TPSA) is 42.0 Å². The van der Waals surface area contributed by atoms with Crippen molar-refractivity contribution in [2.24, 2.45) is 0 Å². The van der Waals surface area contributed by atoms with Crippen LogP contribution in [-0.2, 0) is 0 Å². The summed E-state index contributed by atoms with van der Waals surface area (Å²) >= 11 is 3.18. The minimum absolute atomic E-state index is 0.0628. The molecular formula is C9H14N2OS2. The summed E-state index contributed by atoms with van der Waals surface area (Å²) < 4.78 is 0. The molecule has 1 aromatic rings. The van der Waals surface area contributed by atoms with Crippen LogP contribution in [0.25, 0.3) is 0 Å². The van der Waals surface area contributed by atoms with Crippen molar-refractivity contribution in [3.8, 4) is 0 Å². The number of carbonyl (C=O) groups excluding carboxylic acids is 1. The third-order valence-corrected chi connectivity index (χ3v) is 3.18. The monoisotopic (exact) mass is 230 g/mol. The van der Waals surface area contributed by atoms with Gasteiger partial charge in [0.2, 0.25) is 0 Å². The number of thiazole rings is 1. The first-order chi connectivity index (χ1) is 6.77. The maximum absolute atomic E-state index is 11.6. The molecule has 14 heavy (non-hydrogen) atoms. The van der Waals surface area contributed by atoms with Crippen molar-refractivity contribution in [1.82, 2.24) is 10.3 Å². The van der Waals surface area contributed by atoms with Gasteiger partial charge in [-0.05, 0) is 12.7 Å². The summed E-state index contributed by atoms with van der Waals surface area (Å²) in [6.45, 7) is 2.07. The summed E-state index contributed by atoms with van der Waals surface area (Å²) in [6.07, 6.45) is 2.99. The van der Waals surface area contributed by atoms with Crippen LogP contribution in [0.1, 0.15) is 23.8 Å². The normalized spacial score (nSPS) is 12.4. The molecule has 0 aliphatic heterocycles. The lowest BCUT2D eigenvalue weighted by Gasteiger charge is -2.14. The van der Waals surface area contributed by atoms with Crippen LogP contribution < -0.4 is 5.32 Å². The van der Waals surface area contributed by atoms with Gasteiger partial charge in [-0.15, -0.1) is 11.3 Å². The van der Waals surface area contributed by atoms with Crippen molar-refractivity contribution in [2.45, 2.75) is 19.4 Å². The van der Waals surface area contributed by atoms with Gasteiger partial charge < -0.3 is 5.32 Å². The van der Waals surface area contributed by atoms with Crippen molar-refractivity contribution in [3.05, 3.63) is 16.6 Å². The van der Waals surface area contributed by atoms with E-state index in [9.17, 15) is 4.79 Å². The molecule has 0 spiro atoms. The number of thioether (sulfide) groups is 1. The summed E-state index contributed by atoms with van der Waals surface area (Å²) in [5.74, 6) is 0.888. The van der Waals surface area contributed by atoms with Crippen LogP contribution in [-0.4, -0.2) is 28.9 Å². The summed E-state index contributed by atoms with van der Waals surface area (Å²) in [4.78, 5) is 15.5. The lowest BCUT2D eigenvalue weighted by Crippen LogP contribution is -2.36. The van der Waals surface area contributed by atoms with E-state index in [1.165, 1.54) is 11.3 Å². The number of carbonyl (C=O) groups is 1. The molecule has 0 aliphatic rings. The number of aromatic nitrogens is 1. The summed E-state index contributed by atoms with van der Waals surface area (Å²) in [5.41, 5.74) is 2.19. The van der Waals surface area contributed by atoms with E-state index in [0.29, 0.717) is 5.69 Å². The van der Waals surface area contributed by atoms with Crippen LogP contribution in [0.15, 0.2) is 10.9 Å². The highest BCUT2D eigenvalue weighted by molar-refractivity contribution is 7.98. The molecule has 0 fully saturated rings. The molecule has 5 heteroatoms. The Morgan fingerprint density at radius 1 is 1.79 bits per heavy atom. The molecule has 1 amide bonds.